The molecule has 3 rings (SSSR count). The molecule has 0 atom stereocenters. The SMILES string of the molecule is Cc1ccc(NC(=O)c2ccc(N3CCCC3)c([N+](=O)[O-])c2)c([N+](=O)[O-])c1. The first-order chi connectivity index (χ1) is 12.9. The molecule has 9 heteroatoms. The summed E-state index contributed by atoms with van der Waals surface area (Å²) in [6.07, 6.45) is 1.94. The minimum atomic E-state index is -0.641. The Morgan fingerprint density at radius 2 is 1.67 bits per heavy atom. The smallest absolute Gasteiger partial charge is 0.293 e. The number of amides is 1. The Morgan fingerprint density at radius 1 is 1.00 bits per heavy atom. The first kappa shape index (κ1) is 18.3. The highest BCUT2D eigenvalue weighted by atomic mass is 16.6. The van der Waals surface area contributed by atoms with Gasteiger partial charge in [-0.05, 0) is 43.5 Å². The third kappa shape index (κ3) is 3.86. The van der Waals surface area contributed by atoms with Gasteiger partial charge in [0.1, 0.15) is 11.4 Å². The number of carbonyl (C=O) groups is 1. The van der Waals surface area contributed by atoms with Crippen LogP contribution in [0.25, 0.3) is 0 Å². The van der Waals surface area contributed by atoms with Gasteiger partial charge in [0.25, 0.3) is 17.3 Å². The van der Waals surface area contributed by atoms with Crippen molar-refractivity contribution in [2.24, 2.45) is 0 Å². The van der Waals surface area contributed by atoms with E-state index in [2.05, 4.69) is 5.32 Å². The minimum Gasteiger partial charge on any atom is -0.366 e. The lowest BCUT2D eigenvalue weighted by Gasteiger charge is -2.17. The Hall–Kier alpha value is -3.49. The first-order valence-electron chi connectivity index (χ1n) is 8.46. The average molecular weight is 370 g/mol. The summed E-state index contributed by atoms with van der Waals surface area (Å²) < 4.78 is 0. The number of rotatable bonds is 5. The standard InChI is InChI=1S/C18H18N4O5/c1-12-4-6-14(16(10-12)21(24)25)19-18(23)13-5-7-15(17(11-13)22(26)27)20-8-2-3-9-20/h4-7,10-11H,2-3,8-9H2,1H3,(H,19,23). The summed E-state index contributed by atoms with van der Waals surface area (Å²) in [5.41, 5.74) is 0.900. The lowest BCUT2D eigenvalue weighted by atomic mass is 10.1. The van der Waals surface area contributed by atoms with Gasteiger partial charge in [-0.25, -0.2) is 0 Å². The molecule has 140 valence electrons. The third-order valence-electron chi connectivity index (χ3n) is 4.48. The van der Waals surface area contributed by atoms with Gasteiger partial charge in [-0.3, -0.25) is 25.0 Å². The molecule has 9 nitrogen and oxygen atoms in total. The van der Waals surface area contributed by atoms with E-state index in [0.29, 0.717) is 11.3 Å². The molecule has 1 aliphatic rings. The van der Waals surface area contributed by atoms with Crippen LogP contribution in [0, 0.1) is 27.2 Å². The number of nitro benzene ring substituents is 2. The highest BCUT2D eigenvalue weighted by Crippen LogP contribution is 2.32. The van der Waals surface area contributed by atoms with Crippen LogP contribution in [-0.2, 0) is 0 Å². The Bertz CT molecular complexity index is 922. The summed E-state index contributed by atoms with van der Waals surface area (Å²) in [7, 11) is 0. The molecule has 2 aromatic carbocycles. The molecule has 0 bridgehead atoms. The van der Waals surface area contributed by atoms with Crippen molar-refractivity contribution in [1.82, 2.24) is 0 Å². The molecule has 0 aliphatic carbocycles. The topological polar surface area (TPSA) is 119 Å². The number of aryl methyl sites for hydroxylation is 1. The van der Waals surface area contributed by atoms with Gasteiger partial charge >= 0.3 is 0 Å². The number of carbonyl (C=O) groups excluding carboxylic acids is 1. The van der Waals surface area contributed by atoms with E-state index in [0.717, 1.165) is 25.9 Å². The first-order valence-corrected chi connectivity index (χ1v) is 8.46. The Kier molecular flexibility index (Phi) is 5.02. The van der Waals surface area contributed by atoms with E-state index >= 15 is 0 Å². The van der Waals surface area contributed by atoms with E-state index in [1.165, 1.54) is 24.3 Å². The van der Waals surface area contributed by atoms with E-state index in [9.17, 15) is 25.0 Å². The van der Waals surface area contributed by atoms with Crippen LogP contribution in [0.5, 0.6) is 0 Å². The van der Waals surface area contributed by atoms with Gasteiger partial charge in [-0.2, -0.15) is 0 Å². The van der Waals surface area contributed by atoms with Crippen molar-refractivity contribution in [3.05, 3.63) is 67.8 Å². The van der Waals surface area contributed by atoms with Gasteiger partial charge in [-0.15, -0.1) is 0 Å². The Balaban J connectivity index is 1.90. The Morgan fingerprint density at radius 3 is 2.30 bits per heavy atom. The second kappa shape index (κ2) is 7.40. The lowest BCUT2D eigenvalue weighted by Crippen LogP contribution is -2.20. The largest absolute Gasteiger partial charge is 0.366 e. The van der Waals surface area contributed by atoms with Gasteiger partial charge in [-0.1, -0.05) is 6.07 Å². The maximum atomic E-state index is 12.5. The maximum Gasteiger partial charge on any atom is 0.293 e. The fourth-order valence-electron chi connectivity index (χ4n) is 3.13. The molecule has 1 saturated heterocycles. The molecule has 0 radical (unpaired) electrons. The number of hydrogen-bond donors (Lipinski definition) is 1. The van der Waals surface area contributed by atoms with Gasteiger partial charge in [0.15, 0.2) is 0 Å². The number of benzene rings is 2. The van der Waals surface area contributed by atoms with Crippen LogP contribution in [0.4, 0.5) is 22.7 Å². The molecule has 0 unspecified atom stereocenters. The van der Waals surface area contributed by atoms with Crippen molar-refractivity contribution in [2.45, 2.75) is 19.8 Å². The number of anilines is 2. The monoisotopic (exact) mass is 370 g/mol. The van der Waals surface area contributed by atoms with Crippen molar-refractivity contribution in [2.75, 3.05) is 23.3 Å². The van der Waals surface area contributed by atoms with E-state index in [1.807, 2.05) is 4.90 Å². The fraction of sp³-hybridized carbons (Fsp3) is 0.278. The molecule has 1 amide bonds. The van der Waals surface area contributed by atoms with E-state index in [1.54, 1.807) is 19.1 Å². The molecule has 0 aromatic heterocycles. The summed E-state index contributed by atoms with van der Waals surface area (Å²) in [6, 6.07) is 8.70. The van der Waals surface area contributed by atoms with E-state index < -0.39 is 15.8 Å². The quantitative estimate of drug-likeness (QED) is 0.634. The fourth-order valence-corrected chi connectivity index (χ4v) is 3.13. The zero-order chi connectivity index (χ0) is 19.6. The summed E-state index contributed by atoms with van der Waals surface area (Å²) >= 11 is 0. The average Bonchev–Trinajstić information content (AvgIpc) is 3.17. The molecular formula is C18H18N4O5. The van der Waals surface area contributed by atoms with Crippen molar-refractivity contribution < 1.29 is 14.6 Å². The van der Waals surface area contributed by atoms with Gasteiger partial charge in [0.05, 0.1) is 9.85 Å². The zero-order valence-electron chi connectivity index (χ0n) is 14.7. The van der Waals surface area contributed by atoms with Crippen molar-refractivity contribution in [1.29, 1.82) is 0 Å². The molecule has 1 fully saturated rings. The van der Waals surface area contributed by atoms with Crippen molar-refractivity contribution in [3.8, 4) is 0 Å². The van der Waals surface area contributed by atoms with Crippen LogP contribution in [0.3, 0.4) is 0 Å². The minimum absolute atomic E-state index is 0.0434. The molecule has 1 N–H and O–H groups in total. The summed E-state index contributed by atoms with van der Waals surface area (Å²) in [5.74, 6) is -0.641. The molecule has 1 aliphatic heterocycles. The predicted octanol–water partition coefficient (Wildman–Crippen LogP) is 3.66. The lowest BCUT2D eigenvalue weighted by molar-refractivity contribution is -0.384. The maximum absolute atomic E-state index is 12.5. The Labute approximate surface area is 154 Å². The second-order valence-electron chi connectivity index (χ2n) is 6.39. The van der Waals surface area contributed by atoms with Gasteiger partial charge in [0.2, 0.25) is 0 Å². The normalized spacial score (nSPS) is 13.4. The second-order valence-corrected chi connectivity index (χ2v) is 6.39. The molecule has 2 aromatic rings. The van der Waals surface area contributed by atoms with Crippen LogP contribution in [0.15, 0.2) is 36.4 Å². The van der Waals surface area contributed by atoms with Crippen molar-refractivity contribution in [3.63, 3.8) is 0 Å². The van der Waals surface area contributed by atoms with Crippen LogP contribution < -0.4 is 10.2 Å². The number of hydrogen-bond acceptors (Lipinski definition) is 6. The van der Waals surface area contributed by atoms with Crippen molar-refractivity contribution >= 4 is 28.7 Å². The highest BCUT2D eigenvalue weighted by molar-refractivity contribution is 6.06. The predicted molar refractivity (Wildman–Crippen MR) is 100 cm³/mol. The summed E-state index contributed by atoms with van der Waals surface area (Å²) in [4.78, 5) is 36.0. The number of nitrogens with zero attached hydrogens (tertiary/aromatic N) is 3. The van der Waals surface area contributed by atoms with E-state index in [4.69, 9.17) is 0 Å². The van der Waals surface area contributed by atoms with Gasteiger partial charge in [0, 0.05) is 30.8 Å². The summed E-state index contributed by atoms with van der Waals surface area (Å²) in [5, 5.41) is 25.1. The van der Waals surface area contributed by atoms with E-state index in [-0.39, 0.29) is 22.6 Å². The van der Waals surface area contributed by atoms with Gasteiger partial charge < -0.3 is 10.2 Å². The van der Waals surface area contributed by atoms with Crippen LogP contribution in [-0.4, -0.2) is 28.8 Å². The molecule has 27 heavy (non-hydrogen) atoms. The molecule has 1 heterocycles. The number of nitrogens with one attached hydrogen (secondary N) is 1. The van der Waals surface area contributed by atoms with Crippen LogP contribution in [0.1, 0.15) is 28.8 Å². The zero-order valence-corrected chi connectivity index (χ0v) is 14.7. The molecular weight excluding hydrogens is 352 g/mol. The summed E-state index contributed by atoms with van der Waals surface area (Å²) in [6.45, 7) is 3.18. The molecule has 0 spiro atoms. The number of nitro groups is 2. The third-order valence-corrected chi connectivity index (χ3v) is 4.48. The highest BCUT2D eigenvalue weighted by Gasteiger charge is 2.24. The van der Waals surface area contributed by atoms with Crippen LogP contribution in [0.2, 0.25) is 0 Å². The van der Waals surface area contributed by atoms with Crippen LogP contribution >= 0.6 is 0 Å². The molecule has 0 saturated carbocycles.